The minimum absolute atomic E-state index is 0.0424. The van der Waals surface area contributed by atoms with Gasteiger partial charge in [0.1, 0.15) is 11.1 Å². The van der Waals surface area contributed by atoms with Crippen molar-refractivity contribution in [2.24, 2.45) is 11.7 Å². The van der Waals surface area contributed by atoms with Gasteiger partial charge in [-0.2, -0.15) is 0 Å². The molecule has 9 nitrogen and oxygen atoms in total. The second-order valence-electron chi connectivity index (χ2n) is 9.84. The lowest BCUT2D eigenvalue weighted by atomic mass is 9.81. The van der Waals surface area contributed by atoms with E-state index in [0.29, 0.717) is 32.1 Å². The first-order valence-electron chi connectivity index (χ1n) is 10.6. The second-order valence-corrected chi connectivity index (χ2v) is 9.84. The third kappa shape index (κ3) is 5.30. The number of piperazine rings is 1. The molecule has 0 aliphatic carbocycles. The fourth-order valence-corrected chi connectivity index (χ4v) is 4.20. The zero-order chi connectivity index (χ0) is 22.9. The van der Waals surface area contributed by atoms with Gasteiger partial charge in [-0.3, -0.25) is 19.3 Å². The van der Waals surface area contributed by atoms with E-state index < -0.39 is 29.2 Å². The minimum atomic E-state index is -0.861. The molecule has 0 aromatic rings. The molecule has 2 heterocycles. The lowest BCUT2D eigenvalue weighted by Crippen LogP contribution is -2.82. The Bertz CT molecular complexity index is 702. The zero-order valence-corrected chi connectivity index (χ0v) is 19.1. The molecule has 3 amide bonds. The summed E-state index contributed by atoms with van der Waals surface area (Å²) in [5, 5.41) is 0. The van der Waals surface area contributed by atoms with E-state index >= 15 is 0 Å². The number of nitrogens with two attached hydrogens (primary N) is 1. The van der Waals surface area contributed by atoms with E-state index in [1.165, 1.54) is 11.8 Å². The average Bonchev–Trinajstić information content (AvgIpc) is 2.59. The summed E-state index contributed by atoms with van der Waals surface area (Å²) in [5.41, 5.74) is 3.75. The highest BCUT2D eigenvalue weighted by Crippen LogP contribution is 2.36. The Morgan fingerprint density at radius 1 is 1.17 bits per heavy atom. The van der Waals surface area contributed by atoms with Crippen LogP contribution in [0.15, 0.2) is 0 Å². The van der Waals surface area contributed by atoms with Gasteiger partial charge in [0.25, 0.3) is 0 Å². The van der Waals surface area contributed by atoms with E-state index in [9.17, 15) is 19.2 Å². The second kappa shape index (κ2) is 8.91. The highest BCUT2D eigenvalue weighted by Gasteiger charge is 2.60. The summed E-state index contributed by atoms with van der Waals surface area (Å²) in [7, 11) is 0. The zero-order valence-electron chi connectivity index (χ0n) is 19.1. The first-order chi connectivity index (χ1) is 13.8. The van der Waals surface area contributed by atoms with Gasteiger partial charge < -0.3 is 20.3 Å². The smallest absolute Gasteiger partial charge is 0.410 e. The number of primary amides is 1. The Morgan fingerprint density at radius 3 is 2.27 bits per heavy atom. The largest absolute Gasteiger partial charge is 0.444 e. The van der Waals surface area contributed by atoms with Gasteiger partial charge in [-0.1, -0.05) is 13.8 Å². The maximum absolute atomic E-state index is 13.4. The summed E-state index contributed by atoms with van der Waals surface area (Å²) in [6.07, 6.45) is -0.179. The highest BCUT2D eigenvalue weighted by atomic mass is 16.6. The predicted molar refractivity (Wildman–Crippen MR) is 112 cm³/mol. The fraction of sp³-hybridized carbons (Fsp3) is 0.810. The van der Waals surface area contributed by atoms with Crippen LogP contribution in [0.3, 0.4) is 0 Å². The molecule has 1 unspecified atom stereocenters. The maximum Gasteiger partial charge on any atom is 0.410 e. The van der Waals surface area contributed by atoms with E-state index in [4.69, 9.17) is 10.5 Å². The van der Waals surface area contributed by atoms with Crippen LogP contribution in [0, 0.1) is 5.92 Å². The topological polar surface area (TPSA) is 113 Å². The molecule has 9 heteroatoms. The molecule has 0 bridgehead atoms. The van der Waals surface area contributed by atoms with Crippen molar-refractivity contribution in [2.75, 3.05) is 32.7 Å². The minimum Gasteiger partial charge on any atom is -0.444 e. The lowest BCUT2D eigenvalue weighted by molar-refractivity contribution is -0.179. The molecule has 2 rings (SSSR count). The number of likely N-dealkylation sites (tertiary alicyclic amines) is 1. The van der Waals surface area contributed by atoms with Crippen LogP contribution in [0.5, 0.6) is 0 Å². The van der Waals surface area contributed by atoms with Crippen molar-refractivity contribution in [1.29, 1.82) is 0 Å². The summed E-state index contributed by atoms with van der Waals surface area (Å²) >= 11 is 0. The Hall–Kier alpha value is -2.16. The van der Waals surface area contributed by atoms with Crippen LogP contribution in [0.2, 0.25) is 0 Å². The molecule has 0 radical (unpaired) electrons. The van der Waals surface area contributed by atoms with Crippen LogP contribution in [0.25, 0.3) is 0 Å². The van der Waals surface area contributed by atoms with Crippen LogP contribution in [-0.4, -0.2) is 88.3 Å². The van der Waals surface area contributed by atoms with E-state index in [-0.39, 0.29) is 31.1 Å². The third-order valence-electron chi connectivity index (χ3n) is 5.54. The third-order valence-corrected chi connectivity index (χ3v) is 5.54. The number of Topliss-reactive ketones (excluding diaryl/α,β-unsaturated/α-hetero) is 1. The molecular formula is C21H36N4O5. The van der Waals surface area contributed by atoms with Gasteiger partial charge in [-0.05, 0) is 40.0 Å². The molecule has 2 aliphatic rings. The predicted octanol–water partition coefficient (Wildman–Crippen LogP) is 0.999. The molecule has 2 aliphatic heterocycles. The SMILES string of the molecule is CC(=O)[C@H](CCC(N)=O)N1CC2(CN(C(=O)OC(C)(C)C)CCN2CC(C)C)C1=O. The Labute approximate surface area is 178 Å². The number of hydrogen-bond acceptors (Lipinski definition) is 6. The van der Waals surface area contributed by atoms with Crippen LogP contribution >= 0.6 is 0 Å². The van der Waals surface area contributed by atoms with Gasteiger partial charge in [0.05, 0.1) is 19.1 Å². The van der Waals surface area contributed by atoms with Gasteiger partial charge in [0.15, 0.2) is 5.78 Å². The van der Waals surface area contributed by atoms with Crippen LogP contribution in [0.4, 0.5) is 4.79 Å². The van der Waals surface area contributed by atoms with Crippen LogP contribution < -0.4 is 5.73 Å². The molecule has 2 fully saturated rings. The van der Waals surface area contributed by atoms with E-state index in [1.54, 1.807) is 4.90 Å². The van der Waals surface area contributed by atoms with Crippen molar-refractivity contribution in [2.45, 2.75) is 71.6 Å². The number of ether oxygens (including phenoxy) is 1. The first-order valence-corrected chi connectivity index (χ1v) is 10.6. The molecule has 170 valence electrons. The summed E-state index contributed by atoms with van der Waals surface area (Å²) in [4.78, 5) is 54.6. The number of ketones is 1. The maximum atomic E-state index is 13.4. The van der Waals surface area contributed by atoms with Gasteiger partial charge in [0, 0.05) is 26.1 Å². The molecule has 1 spiro atoms. The Morgan fingerprint density at radius 2 is 1.80 bits per heavy atom. The Balaban J connectivity index is 2.22. The van der Waals surface area contributed by atoms with E-state index in [1.807, 2.05) is 20.8 Å². The van der Waals surface area contributed by atoms with Crippen molar-refractivity contribution in [1.82, 2.24) is 14.7 Å². The number of carbonyl (C=O) groups is 4. The summed E-state index contributed by atoms with van der Waals surface area (Å²) < 4.78 is 5.51. The molecule has 2 atom stereocenters. The number of nitrogens with zero attached hydrogens (tertiary/aromatic N) is 3. The van der Waals surface area contributed by atoms with Crippen LogP contribution in [0.1, 0.15) is 54.4 Å². The molecular weight excluding hydrogens is 388 g/mol. The van der Waals surface area contributed by atoms with Crippen LogP contribution in [-0.2, 0) is 19.1 Å². The number of carbonyl (C=O) groups excluding carboxylic acids is 4. The number of rotatable bonds is 7. The molecule has 30 heavy (non-hydrogen) atoms. The van der Waals surface area contributed by atoms with E-state index in [0.717, 1.165) is 0 Å². The van der Waals surface area contributed by atoms with Crippen molar-refractivity contribution in [3.8, 4) is 0 Å². The summed E-state index contributed by atoms with van der Waals surface area (Å²) in [6, 6.07) is -0.673. The average molecular weight is 425 g/mol. The molecule has 0 aromatic heterocycles. The van der Waals surface area contributed by atoms with Crippen molar-refractivity contribution < 1.29 is 23.9 Å². The molecule has 0 saturated carbocycles. The normalized spacial score (nSPS) is 23.5. The van der Waals surface area contributed by atoms with Gasteiger partial charge in [0.2, 0.25) is 11.8 Å². The molecule has 0 aromatic carbocycles. The van der Waals surface area contributed by atoms with Gasteiger partial charge in [-0.25, -0.2) is 4.79 Å². The number of amides is 3. The van der Waals surface area contributed by atoms with Gasteiger partial charge in [-0.15, -0.1) is 0 Å². The summed E-state index contributed by atoms with van der Waals surface area (Å²) in [5.74, 6) is -0.509. The summed E-state index contributed by atoms with van der Waals surface area (Å²) in [6.45, 7) is 13.3. The van der Waals surface area contributed by atoms with E-state index in [2.05, 4.69) is 18.7 Å². The monoisotopic (exact) mass is 424 g/mol. The fourth-order valence-electron chi connectivity index (χ4n) is 4.20. The Kier molecular flexibility index (Phi) is 7.16. The number of β-lactam (4-membered cyclic amide) rings is 1. The molecule has 2 saturated heterocycles. The van der Waals surface area contributed by atoms with Crippen molar-refractivity contribution >= 4 is 23.7 Å². The van der Waals surface area contributed by atoms with Crippen molar-refractivity contribution in [3.05, 3.63) is 0 Å². The molecule has 2 N–H and O–H groups in total. The quantitative estimate of drug-likeness (QED) is 0.610. The van der Waals surface area contributed by atoms with Crippen molar-refractivity contribution in [3.63, 3.8) is 0 Å². The highest BCUT2D eigenvalue weighted by molar-refractivity contribution is 5.98. The first kappa shape index (κ1) is 24.1. The lowest BCUT2D eigenvalue weighted by Gasteiger charge is -2.60. The standard InChI is InChI=1S/C21H36N4O5/c1-14(2)11-24-10-9-23(19(29)30-20(4,5)6)12-21(24)13-25(18(21)28)16(15(3)26)7-8-17(22)27/h14,16H,7-13H2,1-6H3,(H2,22,27)/t16-,21?/m0/s1. The number of hydrogen-bond donors (Lipinski definition) is 1. The van der Waals surface area contributed by atoms with Gasteiger partial charge >= 0.3 is 6.09 Å².